The third kappa shape index (κ3) is 2.48. The molecule has 2 aromatic rings. The number of nitrogens with zero attached hydrogens (tertiary/aromatic N) is 2. The van der Waals surface area contributed by atoms with Gasteiger partial charge in [-0.3, -0.25) is 0 Å². The Morgan fingerprint density at radius 3 is 2.81 bits per heavy atom. The SMILES string of the molecule is Cc1cscc1-c1nnc(CNC(C)C)o1. The van der Waals surface area contributed by atoms with Gasteiger partial charge in [0.05, 0.1) is 12.1 Å². The summed E-state index contributed by atoms with van der Waals surface area (Å²) in [6, 6.07) is 0.415. The Bertz CT molecular complexity index is 461. The summed E-state index contributed by atoms with van der Waals surface area (Å²) in [5.41, 5.74) is 2.21. The number of rotatable bonds is 4. The summed E-state index contributed by atoms with van der Waals surface area (Å²) >= 11 is 1.65. The molecule has 5 heteroatoms. The Balaban J connectivity index is 2.11. The van der Waals surface area contributed by atoms with Crippen LogP contribution >= 0.6 is 11.3 Å². The number of aromatic nitrogens is 2. The fraction of sp³-hybridized carbons (Fsp3) is 0.455. The molecule has 0 atom stereocenters. The number of nitrogens with one attached hydrogen (secondary N) is 1. The van der Waals surface area contributed by atoms with Crippen molar-refractivity contribution in [2.45, 2.75) is 33.4 Å². The lowest BCUT2D eigenvalue weighted by molar-refractivity contribution is 0.459. The molecule has 0 saturated carbocycles. The summed E-state index contributed by atoms with van der Waals surface area (Å²) in [6.07, 6.45) is 0. The van der Waals surface area contributed by atoms with Crippen LogP contribution in [0.15, 0.2) is 15.2 Å². The van der Waals surface area contributed by atoms with Gasteiger partial charge in [-0.25, -0.2) is 0 Å². The Labute approximate surface area is 98.7 Å². The average Bonchev–Trinajstić information content (AvgIpc) is 2.83. The number of hydrogen-bond donors (Lipinski definition) is 1. The van der Waals surface area contributed by atoms with Crippen LogP contribution in [0.5, 0.6) is 0 Å². The highest BCUT2D eigenvalue weighted by Crippen LogP contribution is 2.25. The van der Waals surface area contributed by atoms with Crippen LogP contribution in [0.3, 0.4) is 0 Å². The van der Waals surface area contributed by atoms with E-state index >= 15 is 0 Å². The number of thiophene rings is 1. The minimum atomic E-state index is 0.415. The van der Waals surface area contributed by atoms with E-state index in [2.05, 4.69) is 34.7 Å². The van der Waals surface area contributed by atoms with Crippen LogP contribution in [-0.2, 0) is 6.54 Å². The molecule has 0 fully saturated rings. The fourth-order valence-electron chi connectivity index (χ4n) is 1.30. The van der Waals surface area contributed by atoms with Crippen LogP contribution in [0.1, 0.15) is 25.3 Å². The van der Waals surface area contributed by atoms with Gasteiger partial charge in [0.25, 0.3) is 0 Å². The minimum Gasteiger partial charge on any atom is -0.419 e. The Hall–Kier alpha value is -1.20. The summed E-state index contributed by atoms with van der Waals surface area (Å²) < 4.78 is 5.58. The van der Waals surface area contributed by atoms with Gasteiger partial charge < -0.3 is 9.73 Å². The highest BCUT2D eigenvalue weighted by Gasteiger charge is 2.11. The van der Waals surface area contributed by atoms with E-state index < -0.39 is 0 Å². The maximum Gasteiger partial charge on any atom is 0.248 e. The molecule has 0 aliphatic rings. The molecule has 1 N–H and O–H groups in total. The molecule has 2 heterocycles. The average molecular weight is 237 g/mol. The fourth-order valence-corrected chi connectivity index (χ4v) is 2.13. The molecule has 0 spiro atoms. The predicted molar refractivity (Wildman–Crippen MR) is 64.3 cm³/mol. The first-order chi connectivity index (χ1) is 7.66. The molecule has 4 nitrogen and oxygen atoms in total. The van der Waals surface area contributed by atoms with Gasteiger partial charge in [-0.2, -0.15) is 11.3 Å². The first-order valence-corrected chi connectivity index (χ1v) is 6.20. The second-order valence-electron chi connectivity index (χ2n) is 4.01. The van der Waals surface area contributed by atoms with E-state index in [0.717, 1.165) is 5.56 Å². The second kappa shape index (κ2) is 4.76. The highest BCUT2D eigenvalue weighted by molar-refractivity contribution is 7.08. The van der Waals surface area contributed by atoms with Gasteiger partial charge in [-0.05, 0) is 17.9 Å². The first-order valence-electron chi connectivity index (χ1n) is 5.25. The lowest BCUT2D eigenvalue weighted by atomic mass is 10.2. The summed E-state index contributed by atoms with van der Waals surface area (Å²) in [5, 5.41) is 15.4. The van der Waals surface area contributed by atoms with Gasteiger partial charge >= 0.3 is 0 Å². The van der Waals surface area contributed by atoms with Crippen LogP contribution in [0, 0.1) is 6.92 Å². The van der Waals surface area contributed by atoms with Crippen molar-refractivity contribution in [1.29, 1.82) is 0 Å². The molecule has 0 aliphatic carbocycles. The van der Waals surface area contributed by atoms with Crippen LogP contribution in [0.2, 0.25) is 0 Å². The third-order valence-electron chi connectivity index (χ3n) is 2.21. The van der Waals surface area contributed by atoms with Crippen molar-refractivity contribution in [3.8, 4) is 11.5 Å². The van der Waals surface area contributed by atoms with Crippen molar-refractivity contribution in [2.75, 3.05) is 0 Å². The van der Waals surface area contributed by atoms with Crippen molar-refractivity contribution in [3.05, 3.63) is 22.2 Å². The van der Waals surface area contributed by atoms with Gasteiger partial charge in [0.2, 0.25) is 11.8 Å². The lowest BCUT2D eigenvalue weighted by Crippen LogP contribution is -2.21. The Kier molecular flexibility index (Phi) is 3.36. The number of hydrogen-bond acceptors (Lipinski definition) is 5. The van der Waals surface area contributed by atoms with E-state index in [4.69, 9.17) is 4.42 Å². The quantitative estimate of drug-likeness (QED) is 0.888. The molecule has 86 valence electrons. The molecule has 0 aliphatic heterocycles. The summed E-state index contributed by atoms with van der Waals surface area (Å²) in [5.74, 6) is 1.24. The van der Waals surface area contributed by atoms with Gasteiger partial charge in [-0.15, -0.1) is 10.2 Å². The van der Waals surface area contributed by atoms with Crippen LogP contribution < -0.4 is 5.32 Å². The summed E-state index contributed by atoms with van der Waals surface area (Å²) in [4.78, 5) is 0. The number of aryl methyl sites for hydroxylation is 1. The smallest absolute Gasteiger partial charge is 0.248 e. The normalized spacial score (nSPS) is 11.2. The Morgan fingerprint density at radius 2 is 2.19 bits per heavy atom. The molecule has 16 heavy (non-hydrogen) atoms. The van der Waals surface area contributed by atoms with Gasteiger partial charge in [-0.1, -0.05) is 13.8 Å². The highest BCUT2D eigenvalue weighted by atomic mass is 32.1. The van der Waals surface area contributed by atoms with Crippen molar-refractivity contribution < 1.29 is 4.42 Å². The monoisotopic (exact) mass is 237 g/mol. The molecular formula is C11H15N3OS. The third-order valence-corrected chi connectivity index (χ3v) is 3.08. The molecule has 0 amide bonds. The molecule has 0 aromatic carbocycles. The van der Waals surface area contributed by atoms with E-state index in [1.165, 1.54) is 5.56 Å². The van der Waals surface area contributed by atoms with Gasteiger partial charge in [0.1, 0.15) is 0 Å². The summed E-state index contributed by atoms with van der Waals surface area (Å²) in [7, 11) is 0. The lowest BCUT2D eigenvalue weighted by Gasteiger charge is -2.03. The van der Waals surface area contributed by atoms with Crippen molar-refractivity contribution in [1.82, 2.24) is 15.5 Å². The Morgan fingerprint density at radius 1 is 1.38 bits per heavy atom. The molecule has 2 aromatic heterocycles. The summed E-state index contributed by atoms with van der Waals surface area (Å²) in [6.45, 7) is 6.83. The molecule has 0 saturated heterocycles. The zero-order chi connectivity index (χ0) is 11.5. The van der Waals surface area contributed by atoms with E-state index in [1.54, 1.807) is 11.3 Å². The van der Waals surface area contributed by atoms with E-state index in [-0.39, 0.29) is 0 Å². The maximum atomic E-state index is 5.58. The zero-order valence-corrected chi connectivity index (χ0v) is 10.5. The molecule has 0 radical (unpaired) electrons. The van der Waals surface area contributed by atoms with Crippen molar-refractivity contribution >= 4 is 11.3 Å². The standard InChI is InChI=1S/C11H15N3OS/c1-7(2)12-4-10-13-14-11(15-10)9-6-16-5-8(9)3/h5-7,12H,4H2,1-3H3. The molecule has 0 bridgehead atoms. The predicted octanol–water partition coefficient (Wildman–Crippen LogP) is 2.60. The van der Waals surface area contributed by atoms with E-state index in [1.807, 2.05) is 12.3 Å². The van der Waals surface area contributed by atoms with Crippen molar-refractivity contribution in [3.63, 3.8) is 0 Å². The van der Waals surface area contributed by atoms with Crippen molar-refractivity contribution in [2.24, 2.45) is 0 Å². The second-order valence-corrected chi connectivity index (χ2v) is 4.75. The van der Waals surface area contributed by atoms with Crippen LogP contribution in [-0.4, -0.2) is 16.2 Å². The van der Waals surface area contributed by atoms with E-state index in [0.29, 0.717) is 24.4 Å². The molecular weight excluding hydrogens is 222 g/mol. The van der Waals surface area contributed by atoms with Gasteiger partial charge in [0, 0.05) is 11.4 Å². The topological polar surface area (TPSA) is 51.0 Å². The van der Waals surface area contributed by atoms with Crippen LogP contribution in [0.25, 0.3) is 11.5 Å². The van der Waals surface area contributed by atoms with E-state index in [9.17, 15) is 0 Å². The first kappa shape index (κ1) is 11.3. The molecule has 0 unspecified atom stereocenters. The minimum absolute atomic E-state index is 0.415. The molecule has 2 rings (SSSR count). The largest absolute Gasteiger partial charge is 0.419 e. The van der Waals surface area contributed by atoms with Gasteiger partial charge in [0.15, 0.2) is 0 Å². The zero-order valence-electron chi connectivity index (χ0n) is 9.65. The maximum absolute atomic E-state index is 5.58. The van der Waals surface area contributed by atoms with Crippen LogP contribution in [0.4, 0.5) is 0 Å².